The van der Waals surface area contributed by atoms with Gasteiger partial charge in [-0.1, -0.05) is 109 Å². The van der Waals surface area contributed by atoms with Crippen LogP contribution in [0.25, 0.3) is 98.0 Å². The molecule has 0 bridgehead atoms. The van der Waals surface area contributed by atoms with Crippen molar-refractivity contribution < 1.29 is 26.3 Å². The molecule has 0 aliphatic heterocycles. The molecule has 0 spiro atoms. The Balaban J connectivity index is 1.30. The molecule has 0 saturated heterocycles. The van der Waals surface area contributed by atoms with E-state index in [0.29, 0.717) is 43.4 Å². The molecule has 0 N–H and O–H groups in total. The van der Waals surface area contributed by atoms with Gasteiger partial charge in [0.25, 0.3) is 0 Å². The molecule has 0 amide bonds. The van der Waals surface area contributed by atoms with Crippen molar-refractivity contribution in [1.29, 1.82) is 0 Å². The van der Waals surface area contributed by atoms with E-state index < -0.39 is 23.4 Å². The summed E-state index contributed by atoms with van der Waals surface area (Å²) in [6, 6.07) is 40.8. The monoisotopic (exact) mass is 702 g/mol. The van der Waals surface area contributed by atoms with Crippen molar-refractivity contribution in [3.63, 3.8) is 0 Å². The average molecular weight is 703 g/mol. The second kappa shape index (κ2) is 11.3. The van der Waals surface area contributed by atoms with Gasteiger partial charge in [-0.05, 0) is 118 Å². The zero-order valence-corrected chi connectivity index (χ0v) is 27.6. The van der Waals surface area contributed by atoms with Gasteiger partial charge in [-0.3, -0.25) is 0 Å². The number of benzene rings is 10. The highest BCUT2D eigenvalue weighted by Gasteiger charge is 2.30. The Morgan fingerprint density at radius 1 is 0.358 bits per heavy atom. The molecule has 254 valence electrons. The van der Waals surface area contributed by atoms with Gasteiger partial charge < -0.3 is 0 Å². The number of hydrogen-bond acceptors (Lipinski definition) is 0. The van der Waals surface area contributed by atoms with Crippen molar-refractivity contribution >= 4 is 64.6 Å². The maximum atomic E-state index is 16.2. The summed E-state index contributed by atoms with van der Waals surface area (Å²) in [5.74, 6) is -1.21. The van der Waals surface area contributed by atoms with Crippen molar-refractivity contribution in [1.82, 2.24) is 0 Å². The molecule has 0 nitrogen and oxygen atoms in total. The molecular weight excluding hydrogens is 679 g/mol. The second-order valence-electron chi connectivity index (χ2n) is 13.5. The summed E-state index contributed by atoms with van der Waals surface area (Å²) in [6.07, 6.45) is -4.48. The zero-order valence-electron chi connectivity index (χ0n) is 27.6. The first kappa shape index (κ1) is 31.3. The van der Waals surface area contributed by atoms with Crippen LogP contribution in [0.15, 0.2) is 146 Å². The minimum absolute atomic E-state index is 0.344. The topological polar surface area (TPSA) is 0 Å². The number of hydrogen-bond donors (Lipinski definition) is 0. The predicted octanol–water partition coefficient (Wildman–Crippen LogP) is 14.5. The van der Waals surface area contributed by atoms with Crippen molar-refractivity contribution in [2.45, 2.75) is 6.18 Å². The van der Waals surface area contributed by atoms with Crippen molar-refractivity contribution in [3.05, 3.63) is 169 Å². The third-order valence-electron chi connectivity index (χ3n) is 10.6. The number of rotatable bonds is 3. The lowest BCUT2D eigenvalue weighted by Gasteiger charge is -2.21. The summed E-state index contributed by atoms with van der Waals surface area (Å²) < 4.78 is 86.8. The Labute approximate surface area is 298 Å². The molecule has 10 rings (SSSR count). The van der Waals surface area contributed by atoms with E-state index in [1.54, 1.807) is 30.3 Å². The van der Waals surface area contributed by atoms with Crippen LogP contribution in [-0.2, 0) is 6.18 Å². The summed E-state index contributed by atoms with van der Waals surface area (Å²) in [4.78, 5) is 0. The van der Waals surface area contributed by atoms with Crippen LogP contribution in [0.4, 0.5) is 26.3 Å². The van der Waals surface area contributed by atoms with E-state index in [0.717, 1.165) is 66.7 Å². The van der Waals surface area contributed by atoms with Crippen molar-refractivity contribution in [2.75, 3.05) is 0 Å². The van der Waals surface area contributed by atoms with E-state index in [-0.39, 0.29) is 5.82 Å². The first-order valence-electron chi connectivity index (χ1n) is 17.1. The summed E-state index contributed by atoms with van der Waals surface area (Å²) >= 11 is 0. The van der Waals surface area contributed by atoms with Gasteiger partial charge in [0, 0.05) is 16.2 Å². The van der Waals surface area contributed by atoms with Gasteiger partial charge in [0.05, 0.1) is 5.56 Å². The summed E-state index contributed by atoms with van der Waals surface area (Å²) in [5, 5.41) is 8.46. The van der Waals surface area contributed by atoms with Crippen LogP contribution < -0.4 is 0 Å². The molecule has 0 aromatic heterocycles. The van der Waals surface area contributed by atoms with E-state index in [4.69, 9.17) is 0 Å². The minimum Gasteiger partial charge on any atom is -0.207 e. The van der Waals surface area contributed by atoms with Gasteiger partial charge in [-0.25, -0.2) is 13.2 Å². The van der Waals surface area contributed by atoms with E-state index in [9.17, 15) is 13.2 Å². The largest absolute Gasteiger partial charge is 0.416 e. The van der Waals surface area contributed by atoms with Crippen molar-refractivity contribution in [3.8, 4) is 33.4 Å². The molecule has 0 fully saturated rings. The molecule has 0 aliphatic carbocycles. The third kappa shape index (κ3) is 4.65. The van der Waals surface area contributed by atoms with Gasteiger partial charge in [-0.2, -0.15) is 13.2 Å². The number of halogens is 6. The standard InChI is InChI=1S/C47H24F6/c48-28-15-18-37-39(23-28)45(34-21-22-41(49)31-6-2-1-5-30(31)34)33-8-4-3-7-32(33)44(37)35-19-20-38-42(50)24-40-29(25-9-13-27(14-10-25)47(51,52)53)16-11-26-12-17-36(35)46(38)43(26)40/h1-24H. The molecule has 0 saturated carbocycles. The molecule has 0 unspecified atom stereocenters. The highest BCUT2D eigenvalue weighted by molar-refractivity contribution is 6.31. The highest BCUT2D eigenvalue weighted by atomic mass is 19.4. The molecule has 0 heterocycles. The molecule has 10 aromatic rings. The lowest BCUT2D eigenvalue weighted by atomic mass is 9.82. The van der Waals surface area contributed by atoms with Crippen LogP contribution in [0.3, 0.4) is 0 Å². The van der Waals surface area contributed by atoms with Crippen LogP contribution in [0.1, 0.15) is 5.56 Å². The normalized spacial score (nSPS) is 12.3. The lowest BCUT2D eigenvalue weighted by Crippen LogP contribution is -2.04. The predicted molar refractivity (Wildman–Crippen MR) is 204 cm³/mol. The minimum atomic E-state index is -4.48. The maximum absolute atomic E-state index is 16.2. The molecule has 0 radical (unpaired) electrons. The zero-order chi connectivity index (χ0) is 36.2. The molecular formula is C47H24F6. The second-order valence-corrected chi connectivity index (χ2v) is 13.5. The van der Waals surface area contributed by atoms with Crippen molar-refractivity contribution in [2.24, 2.45) is 0 Å². The molecule has 6 heteroatoms. The van der Waals surface area contributed by atoms with Crippen LogP contribution in [0, 0.1) is 17.5 Å². The van der Waals surface area contributed by atoms with E-state index in [1.165, 1.54) is 36.4 Å². The van der Waals surface area contributed by atoms with Gasteiger partial charge in [0.15, 0.2) is 0 Å². The quantitative estimate of drug-likeness (QED) is 0.0977. The average Bonchev–Trinajstić information content (AvgIpc) is 3.16. The van der Waals surface area contributed by atoms with Gasteiger partial charge >= 0.3 is 6.18 Å². The first-order chi connectivity index (χ1) is 25.7. The molecule has 0 atom stereocenters. The fourth-order valence-corrected chi connectivity index (χ4v) is 8.36. The fraction of sp³-hybridized carbons (Fsp3) is 0.0213. The van der Waals surface area contributed by atoms with Gasteiger partial charge in [-0.15, -0.1) is 0 Å². The van der Waals surface area contributed by atoms with E-state index >= 15 is 13.2 Å². The Bertz CT molecular complexity index is 3120. The highest BCUT2D eigenvalue weighted by Crippen LogP contribution is 2.49. The Kier molecular flexibility index (Phi) is 6.68. The van der Waals surface area contributed by atoms with Gasteiger partial charge in [0.2, 0.25) is 0 Å². The van der Waals surface area contributed by atoms with E-state index in [2.05, 4.69) is 0 Å². The smallest absolute Gasteiger partial charge is 0.207 e. The van der Waals surface area contributed by atoms with Crippen LogP contribution in [0.2, 0.25) is 0 Å². The van der Waals surface area contributed by atoms with Gasteiger partial charge in [0.1, 0.15) is 17.5 Å². The Morgan fingerprint density at radius 3 is 1.66 bits per heavy atom. The summed E-state index contributed by atoms with van der Waals surface area (Å²) in [5.41, 5.74) is 3.61. The Hall–Kier alpha value is -6.40. The lowest BCUT2D eigenvalue weighted by molar-refractivity contribution is -0.137. The Morgan fingerprint density at radius 2 is 0.925 bits per heavy atom. The fourth-order valence-electron chi connectivity index (χ4n) is 8.36. The molecule has 10 aromatic carbocycles. The summed E-state index contributed by atoms with van der Waals surface area (Å²) in [7, 11) is 0. The third-order valence-corrected chi connectivity index (χ3v) is 10.6. The number of fused-ring (bicyclic) bond motifs is 3. The van der Waals surface area contributed by atoms with E-state index in [1.807, 2.05) is 66.7 Å². The van der Waals surface area contributed by atoms with Crippen LogP contribution in [-0.4, -0.2) is 0 Å². The van der Waals surface area contributed by atoms with Crippen LogP contribution >= 0.6 is 0 Å². The maximum Gasteiger partial charge on any atom is 0.416 e. The molecule has 53 heavy (non-hydrogen) atoms. The van der Waals surface area contributed by atoms with Crippen LogP contribution in [0.5, 0.6) is 0 Å². The number of alkyl halides is 3. The molecule has 0 aliphatic rings. The summed E-state index contributed by atoms with van der Waals surface area (Å²) in [6.45, 7) is 0. The first-order valence-corrected chi connectivity index (χ1v) is 17.1. The SMILES string of the molecule is Fc1ccc2c(-c3ccc4c(F)cc5c(-c6ccc(C(F)(F)F)cc6)ccc6ccc3c4c65)c3ccccc3c(-c3ccc(F)c4ccccc34)c2c1.